The predicted octanol–water partition coefficient (Wildman–Crippen LogP) is 4.13. The summed E-state index contributed by atoms with van der Waals surface area (Å²) in [6, 6.07) is 6.22. The van der Waals surface area contributed by atoms with Crippen molar-refractivity contribution in [2.75, 3.05) is 0 Å². The maximum Gasteiger partial charge on any atom is 0.209 e. The zero-order valence-electron chi connectivity index (χ0n) is 6.88. The normalized spacial score (nSPS) is 13.2. The van der Waals surface area contributed by atoms with Crippen LogP contribution in [-0.2, 0) is 0 Å². The molecule has 0 aliphatic rings. The van der Waals surface area contributed by atoms with Crippen LogP contribution in [0.2, 0.25) is 5.02 Å². The van der Waals surface area contributed by atoms with E-state index in [1.54, 1.807) is 24.3 Å². The Balaban J connectivity index is 0.00000169. The van der Waals surface area contributed by atoms with Gasteiger partial charge in [0.05, 0.1) is 6.04 Å². The zero-order valence-corrected chi connectivity index (χ0v) is 10.7. The van der Waals surface area contributed by atoms with Gasteiger partial charge < -0.3 is 5.73 Å². The first-order valence-corrected chi connectivity index (χ1v) is 5.00. The van der Waals surface area contributed by atoms with Crippen molar-refractivity contribution in [2.45, 2.75) is 9.83 Å². The molecule has 1 unspecified atom stereocenters. The molecule has 0 amide bonds. The number of nitrogens with two attached hydrogens (primary N) is 1. The van der Waals surface area contributed by atoms with Crippen LogP contribution in [0, 0.1) is 0 Å². The lowest BCUT2D eigenvalue weighted by Gasteiger charge is -2.20. The van der Waals surface area contributed by atoms with Gasteiger partial charge in [-0.1, -0.05) is 58.5 Å². The summed E-state index contributed by atoms with van der Waals surface area (Å²) in [5.74, 6) is 0. The fourth-order valence-electron chi connectivity index (χ4n) is 0.859. The summed E-state index contributed by atoms with van der Waals surface area (Å²) in [4.78, 5) is 0. The van der Waals surface area contributed by atoms with Crippen LogP contribution in [0.1, 0.15) is 11.6 Å². The first kappa shape index (κ1) is 14.6. The molecule has 0 aromatic heterocycles. The van der Waals surface area contributed by atoms with Crippen molar-refractivity contribution in [3.8, 4) is 0 Å². The quantitative estimate of drug-likeness (QED) is 0.775. The van der Waals surface area contributed by atoms with E-state index in [-0.39, 0.29) is 12.4 Å². The molecule has 1 aromatic rings. The molecule has 0 saturated carbocycles. The minimum absolute atomic E-state index is 0. The summed E-state index contributed by atoms with van der Waals surface area (Å²) in [7, 11) is 0. The summed E-state index contributed by atoms with van der Waals surface area (Å²) >= 11 is 22.6. The van der Waals surface area contributed by atoms with Gasteiger partial charge in [-0.25, -0.2) is 0 Å². The van der Waals surface area contributed by atoms with Crippen molar-refractivity contribution < 1.29 is 0 Å². The molecule has 1 aromatic carbocycles. The minimum atomic E-state index is -1.49. The maximum atomic E-state index is 5.69. The van der Waals surface area contributed by atoms with E-state index < -0.39 is 9.83 Å². The molecule has 80 valence electrons. The average Bonchev–Trinajstić information content (AvgIpc) is 2.03. The summed E-state index contributed by atoms with van der Waals surface area (Å²) in [6.45, 7) is 0. The van der Waals surface area contributed by atoms with Gasteiger partial charge >= 0.3 is 0 Å². The van der Waals surface area contributed by atoms with E-state index in [1.807, 2.05) is 0 Å². The van der Waals surface area contributed by atoms with Crippen molar-refractivity contribution in [1.82, 2.24) is 0 Å². The molecule has 0 spiro atoms. The van der Waals surface area contributed by atoms with Crippen molar-refractivity contribution in [3.63, 3.8) is 0 Å². The second-order valence-electron chi connectivity index (χ2n) is 2.57. The van der Waals surface area contributed by atoms with E-state index in [9.17, 15) is 0 Å². The smallest absolute Gasteiger partial charge is 0.209 e. The van der Waals surface area contributed by atoms with Gasteiger partial charge in [0.15, 0.2) is 0 Å². The lowest BCUT2D eigenvalue weighted by molar-refractivity contribution is 0.748. The van der Waals surface area contributed by atoms with E-state index in [1.165, 1.54) is 0 Å². The number of rotatable bonds is 1. The summed E-state index contributed by atoms with van der Waals surface area (Å²) in [6.07, 6.45) is 0. The highest BCUT2D eigenvalue weighted by molar-refractivity contribution is 6.68. The van der Waals surface area contributed by atoms with E-state index in [0.717, 1.165) is 5.56 Å². The first-order chi connectivity index (χ1) is 5.91. The highest BCUT2D eigenvalue weighted by atomic mass is 35.6. The molecule has 1 nitrogen and oxygen atoms in total. The number of benzene rings is 1. The Morgan fingerprint density at radius 2 is 1.50 bits per heavy atom. The Morgan fingerprint density at radius 1 is 1.07 bits per heavy atom. The first-order valence-electron chi connectivity index (χ1n) is 3.49. The van der Waals surface area contributed by atoms with Crippen LogP contribution in [0.3, 0.4) is 0 Å². The van der Waals surface area contributed by atoms with Crippen molar-refractivity contribution in [1.29, 1.82) is 0 Å². The fourth-order valence-corrected chi connectivity index (χ4v) is 1.36. The van der Waals surface area contributed by atoms with Crippen LogP contribution in [0.25, 0.3) is 0 Å². The predicted molar refractivity (Wildman–Crippen MR) is 65.9 cm³/mol. The van der Waals surface area contributed by atoms with Crippen LogP contribution in [-0.4, -0.2) is 3.79 Å². The molecule has 0 saturated heterocycles. The standard InChI is InChI=1S/C8H7Cl4N.ClH/c9-6-3-1-5(2-4-6)7(13)8(10,11)12;/h1-4,7H,13H2;1H. The lowest BCUT2D eigenvalue weighted by Crippen LogP contribution is -2.25. The molecular weight excluding hydrogens is 287 g/mol. The molecule has 1 rings (SSSR count). The SMILES string of the molecule is Cl.NC(c1ccc(Cl)cc1)C(Cl)(Cl)Cl. The van der Waals surface area contributed by atoms with Gasteiger partial charge in [-0.05, 0) is 17.7 Å². The van der Waals surface area contributed by atoms with Gasteiger partial charge in [0, 0.05) is 5.02 Å². The summed E-state index contributed by atoms with van der Waals surface area (Å²) < 4.78 is -1.49. The average molecular weight is 295 g/mol. The van der Waals surface area contributed by atoms with E-state index in [2.05, 4.69) is 0 Å². The summed E-state index contributed by atoms with van der Waals surface area (Å²) in [5.41, 5.74) is 6.42. The molecule has 0 aliphatic heterocycles. The Morgan fingerprint density at radius 3 is 1.86 bits per heavy atom. The van der Waals surface area contributed by atoms with Gasteiger partial charge in [0.25, 0.3) is 0 Å². The van der Waals surface area contributed by atoms with Gasteiger partial charge in [-0.2, -0.15) is 0 Å². The van der Waals surface area contributed by atoms with Crippen LogP contribution in [0.5, 0.6) is 0 Å². The van der Waals surface area contributed by atoms with Gasteiger partial charge in [-0.15, -0.1) is 12.4 Å². The van der Waals surface area contributed by atoms with Gasteiger partial charge in [-0.3, -0.25) is 0 Å². The van der Waals surface area contributed by atoms with Gasteiger partial charge in [0.1, 0.15) is 0 Å². The minimum Gasteiger partial charge on any atom is -0.320 e. The Labute approximate surface area is 109 Å². The lowest BCUT2D eigenvalue weighted by atomic mass is 10.1. The molecule has 0 aliphatic carbocycles. The molecule has 0 fully saturated rings. The topological polar surface area (TPSA) is 26.0 Å². The van der Waals surface area contributed by atoms with Crippen LogP contribution in [0.15, 0.2) is 24.3 Å². The molecule has 6 heteroatoms. The second kappa shape index (κ2) is 5.64. The van der Waals surface area contributed by atoms with E-state index >= 15 is 0 Å². The van der Waals surface area contributed by atoms with Gasteiger partial charge in [0.2, 0.25) is 3.79 Å². The van der Waals surface area contributed by atoms with Crippen molar-refractivity contribution in [3.05, 3.63) is 34.9 Å². The molecule has 14 heavy (non-hydrogen) atoms. The number of alkyl halides is 3. The second-order valence-corrected chi connectivity index (χ2v) is 5.38. The third-order valence-electron chi connectivity index (χ3n) is 1.58. The maximum absolute atomic E-state index is 5.69. The van der Waals surface area contributed by atoms with E-state index in [4.69, 9.17) is 52.1 Å². The zero-order chi connectivity index (χ0) is 10.1. The highest BCUT2D eigenvalue weighted by Gasteiger charge is 2.30. The third kappa shape index (κ3) is 4.01. The number of hydrogen-bond donors (Lipinski definition) is 1. The molecule has 0 bridgehead atoms. The molecule has 2 N–H and O–H groups in total. The largest absolute Gasteiger partial charge is 0.320 e. The molecular formula is C8H8Cl5N. The van der Waals surface area contributed by atoms with Crippen LogP contribution in [0.4, 0.5) is 0 Å². The molecule has 0 radical (unpaired) electrons. The Hall–Kier alpha value is 0.630. The molecule has 1 atom stereocenters. The van der Waals surface area contributed by atoms with Crippen LogP contribution < -0.4 is 5.73 Å². The highest BCUT2D eigenvalue weighted by Crippen LogP contribution is 2.38. The Bertz CT molecular complexity index is 279. The van der Waals surface area contributed by atoms with Crippen LogP contribution >= 0.6 is 58.8 Å². The number of halogens is 5. The van der Waals surface area contributed by atoms with Crippen molar-refractivity contribution >= 4 is 58.8 Å². The molecule has 0 heterocycles. The van der Waals surface area contributed by atoms with E-state index in [0.29, 0.717) is 5.02 Å². The Kier molecular flexibility index (Phi) is 5.90. The van der Waals surface area contributed by atoms with Crippen molar-refractivity contribution in [2.24, 2.45) is 5.73 Å². The monoisotopic (exact) mass is 293 g/mol. The summed E-state index contributed by atoms with van der Waals surface area (Å²) in [5, 5.41) is 0.625. The third-order valence-corrected chi connectivity index (χ3v) is 2.54. The fraction of sp³-hybridized carbons (Fsp3) is 0.250. The number of hydrogen-bond acceptors (Lipinski definition) is 1.